The van der Waals surface area contributed by atoms with Crippen LogP contribution in [0.2, 0.25) is 0 Å². The maximum atomic E-state index is 13.0. The maximum absolute atomic E-state index is 13.0. The SMILES string of the molecule is CN(C)c1ccnc2sc3c(=O)n(C4CCC(O)CC4)cnc3c12. The zero-order valence-electron chi connectivity index (χ0n) is 13.8. The Morgan fingerprint density at radius 1 is 1.25 bits per heavy atom. The third-order valence-electron chi connectivity index (χ3n) is 4.83. The summed E-state index contributed by atoms with van der Waals surface area (Å²) in [6.45, 7) is 0. The number of aromatic nitrogens is 3. The largest absolute Gasteiger partial charge is 0.393 e. The number of anilines is 1. The monoisotopic (exact) mass is 344 g/mol. The second-order valence-corrected chi connectivity index (χ2v) is 7.60. The Labute approximate surface area is 143 Å². The molecule has 0 spiro atoms. The molecule has 126 valence electrons. The van der Waals surface area contributed by atoms with Crippen molar-refractivity contribution < 1.29 is 5.11 Å². The highest BCUT2D eigenvalue weighted by atomic mass is 32.1. The van der Waals surface area contributed by atoms with E-state index in [1.807, 2.05) is 25.1 Å². The van der Waals surface area contributed by atoms with Crippen LogP contribution in [-0.4, -0.2) is 39.8 Å². The van der Waals surface area contributed by atoms with Crippen LogP contribution in [0.1, 0.15) is 31.7 Å². The van der Waals surface area contributed by atoms with E-state index in [9.17, 15) is 9.90 Å². The molecule has 0 amide bonds. The first-order valence-corrected chi connectivity index (χ1v) is 9.01. The van der Waals surface area contributed by atoms with Gasteiger partial charge in [0.1, 0.15) is 9.53 Å². The average molecular weight is 344 g/mol. The number of pyridine rings is 1. The molecule has 0 aromatic carbocycles. The summed E-state index contributed by atoms with van der Waals surface area (Å²) in [5.74, 6) is 0. The van der Waals surface area contributed by atoms with Crippen molar-refractivity contribution in [3.05, 3.63) is 28.9 Å². The van der Waals surface area contributed by atoms with Crippen LogP contribution in [0, 0.1) is 0 Å². The zero-order chi connectivity index (χ0) is 16.8. The van der Waals surface area contributed by atoms with E-state index in [0.717, 1.165) is 47.1 Å². The normalized spacial score (nSPS) is 21.5. The van der Waals surface area contributed by atoms with Crippen molar-refractivity contribution >= 4 is 37.5 Å². The topological polar surface area (TPSA) is 71.2 Å². The third-order valence-corrected chi connectivity index (χ3v) is 5.90. The van der Waals surface area contributed by atoms with Crippen LogP contribution < -0.4 is 10.5 Å². The molecule has 0 atom stereocenters. The molecule has 0 saturated heterocycles. The Morgan fingerprint density at radius 3 is 2.71 bits per heavy atom. The highest BCUT2D eigenvalue weighted by molar-refractivity contribution is 7.25. The lowest BCUT2D eigenvalue weighted by Gasteiger charge is -2.26. The summed E-state index contributed by atoms with van der Waals surface area (Å²) >= 11 is 1.42. The minimum absolute atomic E-state index is 0.00842. The van der Waals surface area contributed by atoms with Gasteiger partial charge in [0.15, 0.2) is 0 Å². The molecule has 3 heterocycles. The van der Waals surface area contributed by atoms with Gasteiger partial charge in [-0.15, -0.1) is 11.3 Å². The number of rotatable bonds is 2. The predicted molar refractivity (Wildman–Crippen MR) is 97.0 cm³/mol. The van der Waals surface area contributed by atoms with Gasteiger partial charge >= 0.3 is 0 Å². The first-order valence-electron chi connectivity index (χ1n) is 8.20. The number of thiophene rings is 1. The lowest BCUT2D eigenvalue weighted by Crippen LogP contribution is -2.29. The van der Waals surface area contributed by atoms with Gasteiger partial charge in [0.2, 0.25) is 0 Å². The van der Waals surface area contributed by atoms with E-state index < -0.39 is 0 Å². The molecule has 0 radical (unpaired) electrons. The first kappa shape index (κ1) is 15.5. The summed E-state index contributed by atoms with van der Waals surface area (Å²) < 4.78 is 2.42. The number of aliphatic hydroxyl groups is 1. The molecule has 1 saturated carbocycles. The Balaban J connectivity index is 1.90. The van der Waals surface area contributed by atoms with E-state index in [1.165, 1.54) is 11.3 Å². The van der Waals surface area contributed by atoms with Gasteiger partial charge < -0.3 is 10.0 Å². The second kappa shape index (κ2) is 5.82. The molecule has 3 aromatic heterocycles. The van der Waals surface area contributed by atoms with Gasteiger partial charge in [0, 0.05) is 26.3 Å². The Kier molecular flexibility index (Phi) is 3.77. The van der Waals surface area contributed by atoms with Crippen LogP contribution in [0.4, 0.5) is 5.69 Å². The molecule has 24 heavy (non-hydrogen) atoms. The van der Waals surface area contributed by atoms with Gasteiger partial charge in [-0.1, -0.05) is 0 Å². The van der Waals surface area contributed by atoms with Gasteiger partial charge in [-0.25, -0.2) is 9.97 Å². The van der Waals surface area contributed by atoms with Crippen molar-refractivity contribution in [2.24, 2.45) is 0 Å². The van der Waals surface area contributed by atoms with Gasteiger partial charge in [-0.3, -0.25) is 9.36 Å². The van der Waals surface area contributed by atoms with E-state index in [0.29, 0.717) is 4.70 Å². The lowest BCUT2D eigenvalue weighted by molar-refractivity contribution is 0.110. The van der Waals surface area contributed by atoms with Crippen molar-refractivity contribution in [1.82, 2.24) is 14.5 Å². The molecule has 0 aliphatic heterocycles. The lowest BCUT2D eigenvalue weighted by atomic mass is 9.93. The summed E-state index contributed by atoms with van der Waals surface area (Å²) in [7, 11) is 3.96. The summed E-state index contributed by atoms with van der Waals surface area (Å²) in [5, 5.41) is 10.6. The van der Waals surface area contributed by atoms with Crippen molar-refractivity contribution in [3.63, 3.8) is 0 Å². The minimum atomic E-state index is -0.232. The van der Waals surface area contributed by atoms with Crippen molar-refractivity contribution in [2.75, 3.05) is 19.0 Å². The zero-order valence-corrected chi connectivity index (χ0v) is 14.6. The van der Waals surface area contributed by atoms with E-state index in [1.54, 1.807) is 17.1 Å². The Morgan fingerprint density at radius 2 is 2.00 bits per heavy atom. The van der Waals surface area contributed by atoms with E-state index >= 15 is 0 Å². The van der Waals surface area contributed by atoms with Crippen LogP contribution in [0.3, 0.4) is 0 Å². The standard InChI is InChI=1S/C17H20N4O2S/c1-20(2)12-7-8-18-16-13(12)14-15(24-16)17(23)21(9-19-14)10-3-5-11(22)6-4-10/h7-11,22H,3-6H2,1-2H3. The number of hydrogen-bond acceptors (Lipinski definition) is 6. The summed E-state index contributed by atoms with van der Waals surface area (Å²) in [5.41, 5.74) is 1.77. The van der Waals surface area contributed by atoms with E-state index in [2.05, 4.69) is 9.97 Å². The highest BCUT2D eigenvalue weighted by Gasteiger charge is 2.23. The van der Waals surface area contributed by atoms with Gasteiger partial charge in [0.25, 0.3) is 5.56 Å². The molecule has 1 aliphatic carbocycles. The average Bonchev–Trinajstić information content (AvgIpc) is 2.96. The quantitative estimate of drug-likeness (QED) is 0.773. The second-order valence-electron chi connectivity index (χ2n) is 6.60. The molecule has 6 nitrogen and oxygen atoms in total. The Hall–Kier alpha value is -1.99. The first-order chi connectivity index (χ1) is 11.6. The fourth-order valence-corrected chi connectivity index (χ4v) is 4.57. The molecule has 1 aliphatic rings. The molecule has 3 aromatic rings. The third kappa shape index (κ3) is 2.39. The van der Waals surface area contributed by atoms with Crippen LogP contribution in [0.15, 0.2) is 23.4 Å². The van der Waals surface area contributed by atoms with Crippen LogP contribution >= 0.6 is 11.3 Å². The Bertz CT molecular complexity index is 954. The molecule has 1 N–H and O–H groups in total. The van der Waals surface area contributed by atoms with E-state index in [-0.39, 0.29) is 17.7 Å². The predicted octanol–water partition coefficient (Wildman–Crippen LogP) is 2.55. The van der Waals surface area contributed by atoms with Crippen molar-refractivity contribution in [3.8, 4) is 0 Å². The number of hydrogen-bond donors (Lipinski definition) is 1. The molecule has 4 rings (SSSR count). The van der Waals surface area contributed by atoms with Crippen LogP contribution in [0.5, 0.6) is 0 Å². The molecule has 1 fully saturated rings. The molecule has 7 heteroatoms. The molecular formula is C17H20N4O2S. The van der Waals surface area contributed by atoms with Gasteiger partial charge in [-0.2, -0.15) is 0 Å². The van der Waals surface area contributed by atoms with Gasteiger partial charge in [-0.05, 0) is 31.7 Å². The summed E-state index contributed by atoms with van der Waals surface area (Å²) in [6, 6.07) is 2.08. The maximum Gasteiger partial charge on any atom is 0.271 e. The molecular weight excluding hydrogens is 324 g/mol. The summed E-state index contributed by atoms with van der Waals surface area (Å²) in [4.78, 5) is 24.9. The van der Waals surface area contributed by atoms with E-state index in [4.69, 9.17) is 0 Å². The van der Waals surface area contributed by atoms with Crippen LogP contribution in [0.25, 0.3) is 20.4 Å². The molecule has 0 bridgehead atoms. The minimum Gasteiger partial charge on any atom is -0.393 e. The smallest absolute Gasteiger partial charge is 0.271 e. The van der Waals surface area contributed by atoms with Gasteiger partial charge in [0.05, 0.1) is 29.0 Å². The highest BCUT2D eigenvalue weighted by Crippen LogP contribution is 2.36. The number of aliphatic hydroxyl groups excluding tert-OH is 1. The fraction of sp³-hybridized carbons (Fsp3) is 0.471. The molecule has 0 unspecified atom stereocenters. The number of nitrogens with zero attached hydrogens (tertiary/aromatic N) is 4. The van der Waals surface area contributed by atoms with Crippen LogP contribution in [-0.2, 0) is 0 Å². The summed E-state index contributed by atoms with van der Waals surface area (Å²) in [6.07, 6.45) is 6.34. The fourth-order valence-electron chi connectivity index (χ4n) is 3.52. The van der Waals surface area contributed by atoms with Crippen molar-refractivity contribution in [2.45, 2.75) is 37.8 Å². The number of fused-ring (bicyclic) bond motifs is 3. The van der Waals surface area contributed by atoms with Crippen molar-refractivity contribution in [1.29, 1.82) is 0 Å².